The fourth-order valence-corrected chi connectivity index (χ4v) is 5.67. The van der Waals surface area contributed by atoms with Crippen LogP contribution in [-0.2, 0) is 16.4 Å². The molecular formula is C15H20ClN3O2S2. The van der Waals surface area contributed by atoms with E-state index in [9.17, 15) is 8.42 Å². The molecule has 2 aromatic rings. The Morgan fingerprint density at radius 3 is 2.87 bits per heavy atom. The Kier molecular flexibility index (Phi) is 6.16. The molecule has 0 radical (unpaired) electrons. The van der Waals surface area contributed by atoms with Crippen molar-refractivity contribution in [2.75, 3.05) is 19.6 Å². The lowest BCUT2D eigenvalue weighted by atomic mass is 10.1. The van der Waals surface area contributed by atoms with Gasteiger partial charge < -0.3 is 5.32 Å². The summed E-state index contributed by atoms with van der Waals surface area (Å²) in [6.45, 7) is 3.78. The van der Waals surface area contributed by atoms with E-state index in [1.54, 1.807) is 22.8 Å². The molecule has 1 N–H and O–H groups in total. The number of sulfonamides is 1. The highest BCUT2D eigenvalue weighted by atomic mass is 35.5. The van der Waals surface area contributed by atoms with Gasteiger partial charge in [-0.05, 0) is 30.2 Å². The fraction of sp³-hybridized carbons (Fsp3) is 0.400. The number of pyridine rings is 1. The number of thiophene rings is 1. The van der Waals surface area contributed by atoms with Gasteiger partial charge in [-0.3, -0.25) is 4.98 Å². The minimum atomic E-state index is -3.46. The Balaban J connectivity index is 0.00000192. The summed E-state index contributed by atoms with van der Waals surface area (Å²) in [7, 11) is -3.46. The summed E-state index contributed by atoms with van der Waals surface area (Å²) in [4.78, 5) is 5.21. The second kappa shape index (κ2) is 7.72. The molecular weight excluding hydrogens is 354 g/mol. The molecule has 2 aromatic heterocycles. The summed E-state index contributed by atoms with van der Waals surface area (Å²) < 4.78 is 28.0. The zero-order valence-electron chi connectivity index (χ0n) is 12.8. The highest BCUT2D eigenvalue weighted by molar-refractivity contribution is 7.91. The standard InChI is InChI=1S/C15H19N3O2S2.ClH/c1-2-13-5-6-15(21-13)22(19,20)18-9-8-17-11-14(18)12-4-3-7-16-10-12;/h3-7,10,14,17H,2,8-9,11H2,1H3;1H. The number of piperazine rings is 1. The summed E-state index contributed by atoms with van der Waals surface area (Å²) in [5.74, 6) is 0. The van der Waals surface area contributed by atoms with Crippen molar-refractivity contribution in [1.29, 1.82) is 0 Å². The maximum atomic E-state index is 13.0. The molecule has 0 amide bonds. The van der Waals surface area contributed by atoms with E-state index in [2.05, 4.69) is 10.3 Å². The van der Waals surface area contributed by atoms with E-state index in [1.807, 2.05) is 25.1 Å². The normalized spacial score (nSPS) is 19.3. The van der Waals surface area contributed by atoms with Crippen LogP contribution in [-0.4, -0.2) is 37.3 Å². The molecule has 1 saturated heterocycles. The average Bonchev–Trinajstić information content (AvgIpc) is 3.06. The van der Waals surface area contributed by atoms with Crippen LogP contribution in [0.3, 0.4) is 0 Å². The molecule has 3 heterocycles. The van der Waals surface area contributed by atoms with E-state index in [-0.39, 0.29) is 18.4 Å². The number of hydrogen-bond donors (Lipinski definition) is 1. The van der Waals surface area contributed by atoms with E-state index in [4.69, 9.17) is 0 Å². The van der Waals surface area contributed by atoms with Crippen LogP contribution in [0.15, 0.2) is 40.9 Å². The first-order chi connectivity index (χ1) is 10.6. The first-order valence-electron chi connectivity index (χ1n) is 7.34. The quantitative estimate of drug-likeness (QED) is 0.894. The summed E-state index contributed by atoms with van der Waals surface area (Å²) in [5, 5.41) is 3.27. The summed E-state index contributed by atoms with van der Waals surface area (Å²) in [6.07, 6.45) is 4.30. The Morgan fingerprint density at radius 1 is 1.39 bits per heavy atom. The van der Waals surface area contributed by atoms with Gasteiger partial charge in [-0.1, -0.05) is 13.0 Å². The smallest absolute Gasteiger partial charge is 0.253 e. The molecule has 1 fully saturated rings. The van der Waals surface area contributed by atoms with Gasteiger partial charge in [0.2, 0.25) is 0 Å². The zero-order valence-corrected chi connectivity index (χ0v) is 15.3. The first-order valence-corrected chi connectivity index (χ1v) is 9.60. The topological polar surface area (TPSA) is 62.3 Å². The van der Waals surface area contributed by atoms with Gasteiger partial charge in [0.05, 0.1) is 6.04 Å². The maximum Gasteiger partial charge on any atom is 0.253 e. The van der Waals surface area contributed by atoms with E-state index < -0.39 is 10.0 Å². The SMILES string of the molecule is CCc1ccc(S(=O)(=O)N2CCNCC2c2cccnc2)s1.Cl. The van der Waals surface area contributed by atoms with Crippen LogP contribution in [0, 0.1) is 0 Å². The molecule has 23 heavy (non-hydrogen) atoms. The zero-order chi connectivity index (χ0) is 15.6. The van der Waals surface area contributed by atoms with Gasteiger partial charge in [0.15, 0.2) is 0 Å². The minimum Gasteiger partial charge on any atom is -0.313 e. The van der Waals surface area contributed by atoms with Gasteiger partial charge in [0.25, 0.3) is 10.0 Å². The van der Waals surface area contributed by atoms with Crippen LogP contribution in [0.5, 0.6) is 0 Å². The van der Waals surface area contributed by atoms with Crippen LogP contribution in [0.2, 0.25) is 0 Å². The number of rotatable bonds is 4. The predicted octanol–water partition coefficient (Wildman–Crippen LogP) is 2.46. The van der Waals surface area contributed by atoms with Gasteiger partial charge in [-0.2, -0.15) is 4.31 Å². The molecule has 1 unspecified atom stereocenters. The van der Waals surface area contributed by atoms with E-state index >= 15 is 0 Å². The number of nitrogens with one attached hydrogen (secondary N) is 1. The Labute approximate surface area is 147 Å². The molecule has 0 spiro atoms. The maximum absolute atomic E-state index is 13.0. The number of hydrogen-bond acceptors (Lipinski definition) is 5. The van der Waals surface area contributed by atoms with Crippen molar-refractivity contribution in [1.82, 2.24) is 14.6 Å². The second-order valence-electron chi connectivity index (χ2n) is 5.20. The summed E-state index contributed by atoms with van der Waals surface area (Å²) in [6, 6.07) is 7.19. The van der Waals surface area contributed by atoms with E-state index in [1.165, 1.54) is 11.3 Å². The molecule has 1 aliphatic heterocycles. The molecule has 3 rings (SSSR count). The lowest BCUT2D eigenvalue weighted by Gasteiger charge is -2.34. The largest absolute Gasteiger partial charge is 0.313 e. The lowest BCUT2D eigenvalue weighted by Crippen LogP contribution is -2.48. The third-order valence-corrected chi connectivity index (χ3v) is 7.42. The number of halogens is 1. The third kappa shape index (κ3) is 3.75. The molecule has 8 heteroatoms. The van der Waals surface area contributed by atoms with Crippen LogP contribution in [0.25, 0.3) is 0 Å². The highest BCUT2D eigenvalue weighted by Gasteiger charge is 2.35. The first kappa shape index (κ1) is 18.4. The van der Waals surface area contributed by atoms with Gasteiger partial charge in [0, 0.05) is 36.9 Å². The molecule has 126 valence electrons. The van der Waals surface area contributed by atoms with Crippen molar-refractivity contribution >= 4 is 33.8 Å². The Hall–Kier alpha value is -0.990. The number of aryl methyl sites for hydroxylation is 1. The molecule has 0 saturated carbocycles. The van der Waals surface area contributed by atoms with Crippen molar-refractivity contribution in [2.24, 2.45) is 0 Å². The van der Waals surface area contributed by atoms with Crippen LogP contribution in [0.4, 0.5) is 0 Å². The number of aromatic nitrogens is 1. The molecule has 5 nitrogen and oxygen atoms in total. The molecule has 1 aliphatic rings. The summed E-state index contributed by atoms with van der Waals surface area (Å²) >= 11 is 1.37. The molecule has 0 aliphatic carbocycles. The van der Waals surface area contributed by atoms with E-state index in [0.717, 1.165) is 16.9 Å². The van der Waals surface area contributed by atoms with Crippen molar-refractivity contribution in [2.45, 2.75) is 23.6 Å². The van der Waals surface area contributed by atoms with Gasteiger partial charge >= 0.3 is 0 Å². The van der Waals surface area contributed by atoms with Gasteiger partial charge in [-0.25, -0.2) is 8.42 Å². The lowest BCUT2D eigenvalue weighted by molar-refractivity contribution is 0.271. The highest BCUT2D eigenvalue weighted by Crippen LogP contribution is 2.31. The molecule has 0 aromatic carbocycles. The molecule has 1 atom stereocenters. The summed E-state index contributed by atoms with van der Waals surface area (Å²) in [5.41, 5.74) is 0.922. The van der Waals surface area contributed by atoms with Crippen molar-refractivity contribution < 1.29 is 8.42 Å². The van der Waals surface area contributed by atoms with Crippen LogP contribution in [0.1, 0.15) is 23.4 Å². The predicted molar refractivity (Wildman–Crippen MR) is 94.7 cm³/mol. The fourth-order valence-electron chi connectivity index (χ4n) is 2.63. The number of nitrogens with zero attached hydrogens (tertiary/aromatic N) is 2. The second-order valence-corrected chi connectivity index (χ2v) is 8.48. The molecule has 0 bridgehead atoms. The minimum absolute atomic E-state index is 0. The van der Waals surface area contributed by atoms with Crippen LogP contribution < -0.4 is 5.32 Å². The van der Waals surface area contributed by atoms with Crippen molar-refractivity contribution in [3.8, 4) is 0 Å². The Bertz CT molecular complexity index is 734. The Morgan fingerprint density at radius 2 is 2.22 bits per heavy atom. The van der Waals surface area contributed by atoms with Crippen molar-refractivity contribution in [3.05, 3.63) is 47.1 Å². The van der Waals surface area contributed by atoms with Gasteiger partial charge in [-0.15, -0.1) is 23.7 Å². The van der Waals surface area contributed by atoms with Crippen LogP contribution >= 0.6 is 23.7 Å². The monoisotopic (exact) mass is 373 g/mol. The van der Waals surface area contributed by atoms with E-state index in [0.29, 0.717) is 23.8 Å². The van der Waals surface area contributed by atoms with Gasteiger partial charge in [0.1, 0.15) is 4.21 Å². The average molecular weight is 374 g/mol. The van der Waals surface area contributed by atoms with Crippen molar-refractivity contribution in [3.63, 3.8) is 0 Å². The third-order valence-electron chi connectivity index (χ3n) is 3.81.